The zero-order valence-electron chi connectivity index (χ0n) is 23.8. The van der Waals surface area contributed by atoms with Crippen molar-refractivity contribution in [1.82, 2.24) is 15.5 Å². The molecule has 1 aliphatic rings. The Balaban J connectivity index is 4.23. The molecule has 0 unspecified atom stereocenters. The van der Waals surface area contributed by atoms with E-state index in [0.717, 1.165) is 23.3 Å². The Morgan fingerprint density at radius 2 is 0.909 bits per heavy atom. The Labute approximate surface area is 203 Å². The lowest BCUT2D eigenvalue weighted by Crippen LogP contribution is -2.78. The lowest BCUT2D eigenvalue weighted by molar-refractivity contribution is 0.403. The summed E-state index contributed by atoms with van der Waals surface area (Å²) in [6.45, 7) is 29.9. The van der Waals surface area contributed by atoms with E-state index in [1.54, 1.807) is 0 Å². The van der Waals surface area contributed by atoms with Crippen molar-refractivity contribution in [1.29, 1.82) is 0 Å². The summed E-state index contributed by atoms with van der Waals surface area (Å²) in [6, 6.07) is 1.08. The second-order valence-corrected chi connectivity index (χ2v) is 11.0. The molecule has 1 heterocycles. The predicted molar refractivity (Wildman–Crippen MR) is 146 cm³/mol. The number of nitrogens with zero attached hydrogens (tertiary/aromatic N) is 5. The van der Waals surface area contributed by atoms with Gasteiger partial charge in [-0.15, -0.1) is 0 Å². The topological polar surface area (TPSA) is 76.7 Å². The van der Waals surface area contributed by atoms with Crippen LogP contribution in [0.25, 0.3) is 0 Å². The van der Waals surface area contributed by atoms with E-state index in [1.807, 2.05) is 0 Å². The summed E-state index contributed by atoms with van der Waals surface area (Å²) in [5.41, 5.74) is -0.762. The minimum atomic E-state index is -0.762. The first-order chi connectivity index (χ1) is 15.1. The highest BCUT2D eigenvalue weighted by molar-refractivity contribution is 6.50. The molecule has 1 fully saturated rings. The van der Waals surface area contributed by atoms with Crippen LogP contribution >= 0.6 is 0 Å². The Hall–Kier alpha value is -1.92. The molecule has 1 aliphatic heterocycles. The fourth-order valence-electron chi connectivity index (χ4n) is 3.89. The Morgan fingerprint density at radius 1 is 0.576 bits per heavy atom. The number of likely N-dealkylation sites (tertiary alicyclic amines) is 1. The van der Waals surface area contributed by atoms with Crippen LogP contribution < -0.4 is 10.6 Å². The van der Waals surface area contributed by atoms with E-state index in [4.69, 9.17) is 20.0 Å². The van der Waals surface area contributed by atoms with Gasteiger partial charge in [0, 0.05) is 42.3 Å². The van der Waals surface area contributed by atoms with Crippen molar-refractivity contribution in [3.05, 3.63) is 0 Å². The van der Waals surface area contributed by atoms with Crippen LogP contribution in [0, 0.1) is 5.41 Å². The van der Waals surface area contributed by atoms with Crippen molar-refractivity contribution in [3.63, 3.8) is 0 Å². The summed E-state index contributed by atoms with van der Waals surface area (Å²) in [4.78, 5) is 23.0. The summed E-state index contributed by atoms with van der Waals surface area (Å²) >= 11 is 0. The largest absolute Gasteiger partial charge is 0.370 e. The average Bonchev–Trinajstić information content (AvgIpc) is 2.57. The number of hydrogen-bond acceptors (Lipinski definition) is 4. The van der Waals surface area contributed by atoms with Crippen LogP contribution in [0.4, 0.5) is 0 Å². The maximum atomic E-state index is 5.19. The van der Waals surface area contributed by atoms with E-state index in [-0.39, 0.29) is 42.3 Å². The van der Waals surface area contributed by atoms with Crippen LogP contribution in [0.5, 0.6) is 0 Å². The van der Waals surface area contributed by atoms with Crippen molar-refractivity contribution in [2.75, 3.05) is 0 Å². The van der Waals surface area contributed by atoms with Gasteiger partial charge in [0.05, 0.1) is 0 Å². The molecule has 7 nitrogen and oxygen atoms in total. The predicted octanol–water partition coefficient (Wildman–Crippen LogP) is 4.92. The molecule has 0 aromatic rings. The molecule has 0 aromatic heterocycles. The van der Waals surface area contributed by atoms with E-state index < -0.39 is 5.41 Å². The van der Waals surface area contributed by atoms with Crippen molar-refractivity contribution in [2.24, 2.45) is 25.4 Å². The molecule has 1 saturated heterocycles. The molecule has 0 atom stereocenters. The number of hydrogen-bond donors (Lipinski definition) is 2. The van der Waals surface area contributed by atoms with E-state index in [0.29, 0.717) is 0 Å². The Morgan fingerprint density at radius 3 is 1.12 bits per heavy atom. The second-order valence-electron chi connectivity index (χ2n) is 11.0. The minimum absolute atomic E-state index is 0.108. The SMILES string of the molecule is CC(C)N=C(NC(C)C)C1(C(=NC(C)C)NC(C)C)C(=NC(C)C)N(C(C)C)C1=NC(C)C. The van der Waals surface area contributed by atoms with E-state index in [9.17, 15) is 0 Å². The molecule has 0 aromatic carbocycles. The summed E-state index contributed by atoms with van der Waals surface area (Å²) in [7, 11) is 0. The van der Waals surface area contributed by atoms with Gasteiger partial charge in [-0.25, -0.2) is 0 Å². The van der Waals surface area contributed by atoms with Crippen LogP contribution in [-0.4, -0.2) is 70.5 Å². The first-order valence-corrected chi connectivity index (χ1v) is 12.8. The molecule has 0 bridgehead atoms. The molecule has 7 heteroatoms. The highest BCUT2D eigenvalue weighted by Gasteiger charge is 2.64. The molecule has 0 spiro atoms. The van der Waals surface area contributed by atoms with Crippen LogP contribution in [0.1, 0.15) is 96.9 Å². The maximum Gasteiger partial charge on any atom is 0.199 e. The van der Waals surface area contributed by atoms with Gasteiger partial charge in [0.25, 0.3) is 0 Å². The van der Waals surface area contributed by atoms with Gasteiger partial charge in [0.1, 0.15) is 23.3 Å². The quantitative estimate of drug-likeness (QED) is 0.378. The third-order valence-electron chi connectivity index (χ3n) is 4.74. The lowest BCUT2D eigenvalue weighted by Gasteiger charge is -2.56. The molecule has 0 amide bonds. The molecule has 2 N–H and O–H groups in total. The van der Waals surface area contributed by atoms with Gasteiger partial charge < -0.3 is 15.5 Å². The molecule has 33 heavy (non-hydrogen) atoms. The minimum Gasteiger partial charge on any atom is -0.370 e. The van der Waals surface area contributed by atoms with Crippen molar-refractivity contribution < 1.29 is 0 Å². The second kappa shape index (κ2) is 12.0. The average molecular weight is 462 g/mol. The number of aliphatic imine (C=N–C) groups is 4. The highest BCUT2D eigenvalue weighted by atomic mass is 15.4. The third-order valence-corrected chi connectivity index (χ3v) is 4.74. The van der Waals surface area contributed by atoms with Crippen LogP contribution in [0.2, 0.25) is 0 Å². The molecular formula is C26H51N7. The monoisotopic (exact) mass is 461 g/mol. The van der Waals surface area contributed by atoms with Gasteiger partial charge in [0.15, 0.2) is 5.41 Å². The van der Waals surface area contributed by atoms with Gasteiger partial charge >= 0.3 is 0 Å². The molecular weight excluding hydrogens is 410 g/mol. The normalized spacial score (nSPS) is 22.9. The fourth-order valence-corrected chi connectivity index (χ4v) is 3.89. The van der Waals surface area contributed by atoms with Gasteiger partial charge in [-0.3, -0.25) is 20.0 Å². The van der Waals surface area contributed by atoms with Crippen molar-refractivity contribution >= 4 is 23.3 Å². The number of amidine groups is 4. The fraction of sp³-hybridized carbons (Fsp3) is 0.846. The molecule has 1 rings (SSSR count). The number of rotatable bonds is 9. The Bertz CT molecular complexity index is 653. The zero-order chi connectivity index (χ0) is 25.7. The summed E-state index contributed by atoms with van der Waals surface area (Å²) in [6.07, 6.45) is 0. The molecule has 0 radical (unpaired) electrons. The molecule has 190 valence electrons. The molecule has 0 aliphatic carbocycles. The maximum absolute atomic E-state index is 5.19. The van der Waals surface area contributed by atoms with Gasteiger partial charge in [-0.1, -0.05) is 0 Å². The summed E-state index contributed by atoms with van der Waals surface area (Å²) in [5.74, 6) is 3.67. The number of nitrogens with one attached hydrogen (secondary N) is 2. The first-order valence-electron chi connectivity index (χ1n) is 12.8. The third kappa shape index (κ3) is 7.03. The van der Waals surface area contributed by atoms with Crippen LogP contribution in [0.15, 0.2) is 20.0 Å². The van der Waals surface area contributed by atoms with E-state index in [1.165, 1.54) is 0 Å². The molecule has 0 saturated carbocycles. The zero-order valence-corrected chi connectivity index (χ0v) is 23.8. The van der Waals surface area contributed by atoms with Crippen molar-refractivity contribution in [3.8, 4) is 0 Å². The van der Waals surface area contributed by atoms with Gasteiger partial charge in [-0.05, 0) is 96.9 Å². The lowest BCUT2D eigenvalue weighted by atomic mass is 9.71. The van der Waals surface area contributed by atoms with Gasteiger partial charge in [0.2, 0.25) is 0 Å². The first kappa shape index (κ1) is 29.1. The summed E-state index contributed by atoms with van der Waals surface area (Å²) in [5, 5.41) is 7.38. The smallest absolute Gasteiger partial charge is 0.199 e. The van der Waals surface area contributed by atoms with E-state index >= 15 is 0 Å². The Kier molecular flexibility index (Phi) is 10.6. The van der Waals surface area contributed by atoms with Crippen LogP contribution in [0.3, 0.4) is 0 Å². The summed E-state index contributed by atoms with van der Waals surface area (Å²) < 4.78 is 0. The van der Waals surface area contributed by atoms with Crippen LogP contribution in [-0.2, 0) is 0 Å². The van der Waals surface area contributed by atoms with Gasteiger partial charge in [-0.2, -0.15) is 0 Å². The standard InChI is InChI=1S/C26H51N7/c1-15(2)27-22(28-16(3)4)26(23(29-17(5)6)30-18(7)8)24(31-19(9)10)33(21(13)14)25(26)32-20(11)12/h15-21H,1-14H3,(H,27,28)(H,29,30). The van der Waals surface area contributed by atoms with E-state index in [2.05, 4.69) is 112 Å². The van der Waals surface area contributed by atoms with Crippen molar-refractivity contribution in [2.45, 2.75) is 139 Å². The highest BCUT2D eigenvalue weighted by Crippen LogP contribution is 2.41.